The molecule has 3 N–H and O–H groups in total. The van der Waals surface area contributed by atoms with Gasteiger partial charge in [0.25, 0.3) is 0 Å². The highest BCUT2D eigenvalue weighted by atomic mass is 16.1. The molecule has 0 radical (unpaired) electrons. The molecule has 0 spiro atoms. The van der Waals surface area contributed by atoms with Crippen LogP contribution in [0.5, 0.6) is 0 Å². The first-order valence-electron chi connectivity index (χ1n) is 3.85. The fourth-order valence-corrected chi connectivity index (χ4v) is 0.771. The number of carbonyl (C=O) groups excluding carboxylic acids is 2. The van der Waals surface area contributed by atoms with E-state index in [1.54, 1.807) is 0 Å². The van der Waals surface area contributed by atoms with Crippen molar-refractivity contribution in [2.45, 2.75) is 25.7 Å². The molecule has 0 fully saturated rings. The Kier molecular flexibility index (Phi) is 5.69. The predicted molar refractivity (Wildman–Crippen MR) is 46.0 cm³/mol. The fourth-order valence-electron chi connectivity index (χ4n) is 0.771. The van der Waals surface area contributed by atoms with E-state index in [1.165, 1.54) is 6.20 Å². The summed E-state index contributed by atoms with van der Waals surface area (Å²) in [4.78, 5) is 21.1. The molecule has 0 aromatic carbocycles. The molecule has 12 heavy (non-hydrogen) atoms. The van der Waals surface area contributed by atoms with Crippen molar-refractivity contribution < 1.29 is 9.59 Å². The Morgan fingerprint density at radius 1 is 1.33 bits per heavy atom. The summed E-state index contributed by atoms with van der Waals surface area (Å²) in [5, 5.41) is 2.44. The van der Waals surface area contributed by atoms with Gasteiger partial charge in [-0.3, -0.25) is 9.59 Å². The normalized spacial score (nSPS) is 9.00. The maximum atomic E-state index is 10.8. The molecule has 0 aliphatic rings. The highest BCUT2D eigenvalue weighted by Crippen LogP contribution is 1.98. The van der Waals surface area contributed by atoms with E-state index in [-0.39, 0.29) is 11.8 Å². The van der Waals surface area contributed by atoms with E-state index in [9.17, 15) is 9.59 Å². The monoisotopic (exact) mass is 170 g/mol. The van der Waals surface area contributed by atoms with E-state index in [1.807, 2.05) is 0 Å². The molecule has 0 atom stereocenters. The second kappa shape index (κ2) is 6.39. The molecular weight excluding hydrogens is 156 g/mol. The highest BCUT2D eigenvalue weighted by Gasteiger charge is 1.99. The van der Waals surface area contributed by atoms with Gasteiger partial charge in [-0.25, -0.2) is 0 Å². The van der Waals surface area contributed by atoms with Crippen LogP contribution in [-0.2, 0) is 9.59 Å². The molecule has 0 unspecified atom stereocenters. The first-order chi connectivity index (χ1) is 5.66. The summed E-state index contributed by atoms with van der Waals surface area (Å²) in [7, 11) is 0. The number of primary amides is 1. The molecule has 0 aromatic rings. The van der Waals surface area contributed by atoms with Crippen LogP contribution in [0.1, 0.15) is 25.7 Å². The molecular formula is C8H14N2O2. The smallest absolute Gasteiger partial charge is 0.223 e. The van der Waals surface area contributed by atoms with Gasteiger partial charge in [-0.05, 0) is 19.0 Å². The number of carbonyl (C=O) groups is 2. The molecule has 0 aliphatic carbocycles. The van der Waals surface area contributed by atoms with Crippen molar-refractivity contribution in [1.29, 1.82) is 0 Å². The molecule has 68 valence electrons. The Morgan fingerprint density at radius 3 is 2.42 bits per heavy atom. The van der Waals surface area contributed by atoms with Gasteiger partial charge >= 0.3 is 0 Å². The van der Waals surface area contributed by atoms with Gasteiger partial charge in [0, 0.05) is 12.8 Å². The lowest BCUT2D eigenvalue weighted by Gasteiger charge is -1.98. The summed E-state index contributed by atoms with van der Waals surface area (Å²) in [6.07, 6.45) is 3.46. The first kappa shape index (κ1) is 10.7. The zero-order valence-electron chi connectivity index (χ0n) is 7.01. The van der Waals surface area contributed by atoms with Gasteiger partial charge in [-0.2, -0.15) is 0 Å². The summed E-state index contributed by atoms with van der Waals surface area (Å²) in [6, 6.07) is 0. The fraction of sp³-hybridized carbons (Fsp3) is 0.500. The van der Waals surface area contributed by atoms with Crippen LogP contribution < -0.4 is 11.1 Å². The average Bonchev–Trinajstić information content (AvgIpc) is 1.98. The Balaban J connectivity index is 3.25. The molecule has 0 rings (SSSR count). The first-order valence-corrected chi connectivity index (χ1v) is 3.85. The van der Waals surface area contributed by atoms with Gasteiger partial charge in [-0.1, -0.05) is 6.58 Å². The van der Waals surface area contributed by atoms with Crippen LogP contribution >= 0.6 is 0 Å². The van der Waals surface area contributed by atoms with Gasteiger partial charge in [0.05, 0.1) is 0 Å². The van der Waals surface area contributed by atoms with Crippen molar-refractivity contribution in [3.8, 4) is 0 Å². The molecule has 0 aromatic heterocycles. The van der Waals surface area contributed by atoms with Crippen LogP contribution in [0, 0.1) is 0 Å². The summed E-state index contributed by atoms with van der Waals surface area (Å²) >= 11 is 0. The van der Waals surface area contributed by atoms with E-state index >= 15 is 0 Å². The largest absolute Gasteiger partial charge is 0.370 e. The molecule has 0 aliphatic heterocycles. The van der Waals surface area contributed by atoms with Crippen molar-refractivity contribution in [2.75, 3.05) is 0 Å². The minimum absolute atomic E-state index is 0.0746. The van der Waals surface area contributed by atoms with Gasteiger partial charge < -0.3 is 11.1 Å². The third-order valence-corrected chi connectivity index (χ3v) is 1.34. The second-order valence-corrected chi connectivity index (χ2v) is 2.45. The Labute approximate surface area is 71.8 Å². The van der Waals surface area contributed by atoms with Gasteiger partial charge in [0.1, 0.15) is 0 Å². The molecule has 0 saturated heterocycles. The third kappa shape index (κ3) is 6.80. The second-order valence-electron chi connectivity index (χ2n) is 2.45. The molecule has 0 heterocycles. The number of hydrogen-bond acceptors (Lipinski definition) is 2. The quantitative estimate of drug-likeness (QED) is 0.562. The van der Waals surface area contributed by atoms with Crippen LogP contribution in [0.15, 0.2) is 12.8 Å². The number of unbranched alkanes of at least 4 members (excludes halogenated alkanes) is 1. The van der Waals surface area contributed by atoms with Crippen LogP contribution in [0.3, 0.4) is 0 Å². The van der Waals surface area contributed by atoms with E-state index < -0.39 is 0 Å². The van der Waals surface area contributed by atoms with Crippen LogP contribution in [-0.4, -0.2) is 11.8 Å². The van der Waals surface area contributed by atoms with Crippen molar-refractivity contribution >= 4 is 11.8 Å². The van der Waals surface area contributed by atoms with Gasteiger partial charge in [0.2, 0.25) is 11.8 Å². The van der Waals surface area contributed by atoms with Gasteiger partial charge in [0.15, 0.2) is 0 Å². The minimum atomic E-state index is -0.320. The molecule has 4 heteroatoms. The lowest BCUT2D eigenvalue weighted by atomic mass is 10.2. The summed E-state index contributed by atoms with van der Waals surface area (Å²) in [5.74, 6) is -0.395. The maximum Gasteiger partial charge on any atom is 0.223 e. The van der Waals surface area contributed by atoms with E-state index in [0.717, 1.165) is 0 Å². The standard InChI is InChI=1S/C8H14N2O2/c1-2-10-8(12)6-4-3-5-7(9)11/h2H,1,3-6H2,(H2,9,11)(H,10,12). The Hall–Kier alpha value is -1.32. The van der Waals surface area contributed by atoms with Crippen LogP contribution in [0.2, 0.25) is 0 Å². The molecule has 4 nitrogen and oxygen atoms in total. The summed E-state index contributed by atoms with van der Waals surface area (Å²) in [5.41, 5.74) is 4.91. The van der Waals surface area contributed by atoms with Crippen LogP contribution in [0.25, 0.3) is 0 Å². The average molecular weight is 170 g/mol. The SMILES string of the molecule is C=CNC(=O)CCCCC(N)=O. The predicted octanol–water partition coefficient (Wildman–Crippen LogP) is 0.292. The van der Waals surface area contributed by atoms with E-state index in [0.29, 0.717) is 25.7 Å². The van der Waals surface area contributed by atoms with Crippen molar-refractivity contribution in [2.24, 2.45) is 5.73 Å². The Bertz CT molecular complexity index is 178. The summed E-state index contributed by atoms with van der Waals surface area (Å²) < 4.78 is 0. The number of rotatable bonds is 6. The number of nitrogens with one attached hydrogen (secondary N) is 1. The highest BCUT2D eigenvalue weighted by molar-refractivity contribution is 5.77. The topological polar surface area (TPSA) is 72.2 Å². The number of amides is 2. The van der Waals surface area contributed by atoms with Crippen molar-refractivity contribution in [3.63, 3.8) is 0 Å². The minimum Gasteiger partial charge on any atom is -0.370 e. The van der Waals surface area contributed by atoms with E-state index in [4.69, 9.17) is 5.73 Å². The van der Waals surface area contributed by atoms with Crippen molar-refractivity contribution in [1.82, 2.24) is 5.32 Å². The third-order valence-electron chi connectivity index (χ3n) is 1.34. The zero-order chi connectivity index (χ0) is 9.40. The van der Waals surface area contributed by atoms with Crippen LogP contribution in [0.4, 0.5) is 0 Å². The summed E-state index contributed by atoms with van der Waals surface area (Å²) in [6.45, 7) is 3.35. The molecule has 0 bridgehead atoms. The van der Waals surface area contributed by atoms with Gasteiger partial charge in [-0.15, -0.1) is 0 Å². The lowest BCUT2D eigenvalue weighted by molar-refractivity contribution is -0.121. The lowest BCUT2D eigenvalue weighted by Crippen LogP contribution is -2.16. The van der Waals surface area contributed by atoms with E-state index in [2.05, 4.69) is 11.9 Å². The number of hydrogen-bond donors (Lipinski definition) is 2. The molecule has 0 saturated carbocycles. The Morgan fingerprint density at radius 2 is 1.92 bits per heavy atom. The number of nitrogens with two attached hydrogens (primary N) is 1. The maximum absolute atomic E-state index is 10.8. The van der Waals surface area contributed by atoms with Crippen molar-refractivity contribution in [3.05, 3.63) is 12.8 Å². The molecule has 2 amide bonds. The zero-order valence-corrected chi connectivity index (χ0v) is 7.01.